The van der Waals surface area contributed by atoms with E-state index in [9.17, 15) is 4.79 Å². The first-order chi connectivity index (χ1) is 9.61. The van der Waals surface area contributed by atoms with Crippen molar-refractivity contribution in [1.82, 2.24) is 4.98 Å². The number of hydrogen-bond donors (Lipinski definition) is 0. The van der Waals surface area contributed by atoms with Gasteiger partial charge in [0, 0.05) is 10.0 Å². The van der Waals surface area contributed by atoms with Gasteiger partial charge >= 0.3 is 0 Å². The third-order valence-corrected chi connectivity index (χ3v) is 4.51. The molecule has 0 N–H and O–H groups in total. The minimum atomic E-state index is 0.105. The van der Waals surface area contributed by atoms with Crippen LogP contribution in [0.3, 0.4) is 0 Å². The van der Waals surface area contributed by atoms with Gasteiger partial charge in [0.15, 0.2) is 5.78 Å². The molecule has 0 amide bonds. The van der Waals surface area contributed by atoms with Crippen molar-refractivity contribution < 1.29 is 4.79 Å². The topological polar surface area (TPSA) is 30.0 Å². The molecule has 1 aromatic heterocycles. The molecule has 3 aromatic rings. The summed E-state index contributed by atoms with van der Waals surface area (Å²) in [5.41, 5.74) is 2.77. The lowest BCUT2D eigenvalue weighted by molar-refractivity contribution is 0.0993. The molecule has 1 heterocycles. The number of nitrogens with zero attached hydrogens (tertiary/aromatic N) is 1. The van der Waals surface area contributed by atoms with E-state index < -0.39 is 0 Å². The molecule has 0 saturated heterocycles. The van der Waals surface area contributed by atoms with E-state index in [0.717, 1.165) is 30.8 Å². The Balaban J connectivity index is 1.88. The van der Waals surface area contributed by atoms with Crippen molar-refractivity contribution >= 4 is 43.3 Å². The molecule has 0 aliphatic rings. The second-order valence-corrected chi connectivity index (χ2v) is 6.72. The molecule has 0 aliphatic carbocycles. The fraction of sp³-hybridized carbons (Fsp3) is 0.125. The lowest BCUT2D eigenvalue weighted by Crippen LogP contribution is -2.03. The van der Waals surface area contributed by atoms with Crippen LogP contribution in [-0.4, -0.2) is 10.8 Å². The molecule has 0 saturated carbocycles. The van der Waals surface area contributed by atoms with Crippen LogP contribution >= 0.6 is 27.3 Å². The molecular formula is C16H12BrNOS. The molecule has 2 aromatic carbocycles. The minimum absolute atomic E-state index is 0.105. The molecule has 4 heteroatoms. The predicted octanol–water partition coefficient (Wildman–Crippen LogP) is 4.79. The van der Waals surface area contributed by atoms with E-state index in [2.05, 4.69) is 20.9 Å². The molecule has 0 bridgehead atoms. The van der Waals surface area contributed by atoms with E-state index in [1.165, 1.54) is 0 Å². The van der Waals surface area contributed by atoms with Gasteiger partial charge < -0.3 is 0 Å². The zero-order valence-corrected chi connectivity index (χ0v) is 13.3. The maximum atomic E-state index is 12.3. The number of ketones is 1. The SMILES string of the molecule is Cc1cc(Br)cc(C(=O)Cc2nc3ccccc3s2)c1. The van der Waals surface area contributed by atoms with Gasteiger partial charge in [-0.1, -0.05) is 28.1 Å². The average Bonchev–Trinajstić information content (AvgIpc) is 2.79. The van der Waals surface area contributed by atoms with E-state index in [1.807, 2.05) is 49.4 Å². The fourth-order valence-corrected chi connectivity index (χ4v) is 3.71. The maximum Gasteiger partial charge on any atom is 0.169 e. The summed E-state index contributed by atoms with van der Waals surface area (Å²) in [5, 5.41) is 0.869. The van der Waals surface area contributed by atoms with Crippen molar-refractivity contribution in [3.8, 4) is 0 Å². The Morgan fingerprint density at radius 3 is 2.80 bits per heavy atom. The quantitative estimate of drug-likeness (QED) is 0.638. The van der Waals surface area contributed by atoms with Gasteiger partial charge in [0.2, 0.25) is 0 Å². The number of aryl methyl sites for hydroxylation is 1. The monoisotopic (exact) mass is 345 g/mol. The first-order valence-electron chi connectivity index (χ1n) is 6.27. The van der Waals surface area contributed by atoms with Crippen molar-refractivity contribution in [3.63, 3.8) is 0 Å². The van der Waals surface area contributed by atoms with E-state index in [-0.39, 0.29) is 5.78 Å². The summed E-state index contributed by atoms with van der Waals surface area (Å²) in [4.78, 5) is 16.9. The largest absolute Gasteiger partial charge is 0.294 e. The Hall–Kier alpha value is -1.52. The second-order valence-electron chi connectivity index (χ2n) is 4.69. The van der Waals surface area contributed by atoms with Gasteiger partial charge in [-0.25, -0.2) is 4.98 Å². The lowest BCUT2D eigenvalue weighted by Gasteiger charge is -2.02. The van der Waals surface area contributed by atoms with Crippen LogP contribution in [0, 0.1) is 6.92 Å². The first kappa shape index (κ1) is 13.5. The van der Waals surface area contributed by atoms with Crippen molar-refractivity contribution in [1.29, 1.82) is 0 Å². The number of carbonyl (C=O) groups is 1. The van der Waals surface area contributed by atoms with Crippen LogP contribution in [0.2, 0.25) is 0 Å². The summed E-state index contributed by atoms with van der Waals surface area (Å²) in [6.45, 7) is 1.99. The first-order valence-corrected chi connectivity index (χ1v) is 7.87. The van der Waals surface area contributed by atoms with Gasteiger partial charge in [0.25, 0.3) is 0 Å². The number of benzene rings is 2. The van der Waals surface area contributed by atoms with Crippen LogP contribution in [0.25, 0.3) is 10.2 Å². The number of rotatable bonds is 3. The molecule has 20 heavy (non-hydrogen) atoms. The van der Waals surface area contributed by atoms with E-state index in [1.54, 1.807) is 11.3 Å². The Kier molecular flexibility index (Phi) is 3.68. The van der Waals surface area contributed by atoms with Crippen LogP contribution in [0.4, 0.5) is 0 Å². The van der Waals surface area contributed by atoms with Crippen molar-refractivity contribution in [2.24, 2.45) is 0 Å². The number of Topliss-reactive ketones (excluding diaryl/α,β-unsaturated/α-hetero) is 1. The minimum Gasteiger partial charge on any atom is -0.294 e. The van der Waals surface area contributed by atoms with Crippen molar-refractivity contribution in [2.45, 2.75) is 13.3 Å². The standard InChI is InChI=1S/C16H12BrNOS/c1-10-6-11(8-12(17)7-10)14(19)9-16-18-13-4-2-3-5-15(13)20-16/h2-8H,9H2,1H3. The van der Waals surface area contributed by atoms with Gasteiger partial charge in [-0.2, -0.15) is 0 Å². The van der Waals surface area contributed by atoms with E-state index in [4.69, 9.17) is 0 Å². The highest BCUT2D eigenvalue weighted by Crippen LogP contribution is 2.23. The number of thiazole rings is 1. The molecule has 3 rings (SSSR count). The summed E-state index contributed by atoms with van der Waals surface area (Å²) in [6.07, 6.45) is 0.356. The van der Waals surface area contributed by atoms with Crippen LogP contribution in [-0.2, 0) is 6.42 Å². The van der Waals surface area contributed by atoms with Gasteiger partial charge in [-0.15, -0.1) is 11.3 Å². The maximum absolute atomic E-state index is 12.3. The predicted molar refractivity (Wildman–Crippen MR) is 86.5 cm³/mol. The normalized spacial score (nSPS) is 10.9. The Morgan fingerprint density at radius 2 is 2.05 bits per heavy atom. The summed E-state index contributed by atoms with van der Waals surface area (Å²) >= 11 is 5.01. The number of aromatic nitrogens is 1. The Bertz CT molecular complexity index is 741. The molecule has 0 spiro atoms. The molecule has 0 aliphatic heterocycles. The van der Waals surface area contributed by atoms with Gasteiger partial charge in [0.1, 0.15) is 5.01 Å². The lowest BCUT2D eigenvalue weighted by atomic mass is 10.1. The number of fused-ring (bicyclic) bond motifs is 1. The highest BCUT2D eigenvalue weighted by molar-refractivity contribution is 9.10. The van der Waals surface area contributed by atoms with E-state index >= 15 is 0 Å². The number of halogens is 1. The summed E-state index contributed by atoms with van der Waals surface area (Å²) in [5.74, 6) is 0.105. The number of para-hydroxylation sites is 1. The van der Waals surface area contributed by atoms with Crippen molar-refractivity contribution in [3.05, 3.63) is 63.1 Å². The van der Waals surface area contributed by atoms with Gasteiger partial charge in [-0.3, -0.25) is 4.79 Å². The number of hydrogen-bond acceptors (Lipinski definition) is 3. The average molecular weight is 346 g/mol. The molecule has 100 valence electrons. The second kappa shape index (κ2) is 5.46. The molecule has 0 fully saturated rings. The number of carbonyl (C=O) groups excluding carboxylic acids is 1. The van der Waals surface area contributed by atoms with Crippen LogP contribution in [0.1, 0.15) is 20.9 Å². The smallest absolute Gasteiger partial charge is 0.169 e. The van der Waals surface area contributed by atoms with Gasteiger partial charge in [-0.05, 0) is 42.8 Å². The fourth-order valence-electron chi connectivity index (χ4n) is 2.13. The zero-order valence-electron chi connectivity index (χ0n) is 10.9. The van der Waals surface area contributed by atoms with Crippen molar-refractivity contribution in [2.75, 3.05) is 0 Å². The Labute approximate surface area is 129 Å². The summed E-state index contributed by atoms with van der Waals surface area (Å²) in [7, 11) is 0. The third-order valence-electron chi connectivity index (χ3n) is 3.01. The molecule has 0 radical (unpaired) electrons. The summed E-state index contributed by atoms with van der Waals surface area (Å²) < 4.78 is 2.06. The molecule has 0 atom stereocenters. The molecular weight excluding hydrogens is 334 g/mol. The van der Waals surface area contributed by atoms with E-state index in [0.29, 0.717) is 6.42 Å². The summed E-state index contributed by atoms with van der Waals surface area (Å²) in [6, 6.07) is 13.7. The zero-order chi connectivity index (χ0) is 14.1. The molecule has 0 unspecified atom stereocenters. The van der Waals surface area contributed by atoms with Gasteiger partial charge in [0.05, 0.1) is 16.6 Å². The third kappa shape index (κ3) is 2.81. The van der Waals surface area contributed by atoms with Crippen LogP contribution in [0.15, 0.2) is 46.9 Å². The highest BCUT2D eigenvalue weighted by Gasteiger charge is 2.12. The van der Waals surface area contributed by atoms with Crippen LogP contribution < -0.4 is 0 Å². The molecule has 2 nitrogen and oxygen atoms in total. The highest BCUT2D eigenvalue weighted by atomic mass is 79.9. The van der Waals surface area contributed by atoms with Crippen LogP contribution in [0.5, 0.6) is 0 Å². The Morgan fingerprint density at radius 1 is 1.25 bits per heavy atom.